The third-order valence-electron chi connectivity index (χ3n) is 6.60. The van der Waals surface area contributed by atoms with Crippen molar-refractivity contribution >= 4 is 5.91 Å². The zero-order valence-corrected chi connectivity index (χ0v) is 17.6. The molecule has 1 saturated heterocycles. The lowest BCUT2D eigenvalue weighted by Crippen LogP contribution is -2.40. The second kappa shape index (κ2) is 7.49. The summed E-state index contributed by atoms with van der Waals surface area (Å²) in [5.41, 5.74) is 3.12. The van der Waals surface area contributed by atoms with Crippen LogP contribution in [0.25, 0.3) is 0 Å². The second-order valence-corrected chi connectivity index (χ2v) is 9.52. The maximum absolute atomic E-state index is 13.1. The lowest BCUT2D eigenvalue weighted by Gasteiger charge is -2.32. The van der Waals surface area contributed by atoms with E-state index >= 15 is 0 Å². The average molecular weight is 394 g/mol. The smallest absolute Gasteiger partial charge is 0.253 e. The molecule has 1 aliphatic heterocycles. The minimum Gasteiger partial charge on any atom is -0.493 e. The van der Waals surface area contributed by atoms with Gasteiger partial charge in [-0.1, -0.05) is 44.2 Å². The van der Waals surface area contributed by atoms with Crippen molar-refractivity contribution in [2.24, 2.45) is 11.3 Å². The van der Waals surface area contributed by atoms with Gasteiger partial charge in [-0.25, -0.2) is 0 Å². The van der Waals surface area contributed by atoms with Crippen molar-refractivity contribution in [1.29, 1.82) is 0 Å². The molecule has 0 bridgehead atoms. The molecule has 1 aliphatic carbocycles. The van der Waals surface area contributed by atoms with Gasteiger partial charge in [0.25, 0.3) is 5.91 Å². The van der Waals surface area contributed by atoms with E-state index in [1.165, 1.54) is 12.0 Å². The molecule has 2 aromatic carbocycles. The van der Waals surface area contributed by atoms with Gasteiger partial charge in [0.2, 0.25) is 0 Å². The molecule has 0 spiro atoms. The van der Waals surface area contributed by atoms with E-state index in [9.17, 15) is 9.90 Å². The van der Waals surface area contributed by atoms with Crippen LogP contribution in [0.5, 0.6) is 5.75 Å². The molecule has 154 valence electrons. The quantitative estimate of drug-likeness (QED) is 0.800. The number of likely N-dealkylation sites (tertiary alicyclic amines) is 1. The van der Waals surface area contributed by atoms with Gasteiger partial charge in [0, 0.05) is 29.5 Å². The molecule has 0 aromatic heterocycles. The SMILES string of the molecule is Cc1cc(C(=O)N2CC[C@]3(c4ccccc4)CC3C2)ccc1OCC(C)(C)CO. The molecule has 1 heterocycles. The lowest BCUT2D eigenvalue weighted by atomic mass is 9.87. The van der Waals surface area contributed by atoms with Crippen molar-refractivity contribution in [1.82, 2.24) is 4.90 Å². The summed E-state index contributed by atoms with van der Waals surface area (Å²) < 4.78 is 5.87. The summed E-state index contributed by atoms with van der Waals surface area (Å²) in [6, 6.07) is 16.4. The first-order valence-corrected chi connectivity index (χ1v) is 10.5. The normalized spacial score (nSPS) is 23.4. The largest absolute Gasteiger partial charge is 0.493 e. The summed E-state index contributed by atoms with van der Waals surface area (Å²) >= 11 is 0. The second-order valence-electron chi connectivity index (χ2n) is 9.52. The van der Waals surface area contributed by atoms with Crippen molar-refractivity contribution in [3.05, 3.63) is 65.2 Å². The average Bonchev–Trinajstić information content (AvgIpc) is 3.48. The first-order valence-electron chi connectivity index (χ1n) is 10.5. The Balaban J connectivity index is 1.40. The number of rotatable bonds is 6. The van der Waals surface area contributed by atoms with Gasteiger partial charge in [-0.15, -0.1) is 0 Å². The van der Waals surface area contributed by atoms with Gasteiger partial charge in [0.15, 0.2) is 0 Å². The number of fused-ring (bicyclic) bond motifs is 1. The summed E-state index contributed by atoms with van der Waals surface area (Å²) in [6.45, 7) is 8.06. The maximum Gasteiger partial charge on any atom is 0.253 e. The number of benzene rings is 2. The number of amides is 1. The molecule has 29 heavy (non-hydrogen) atoms. The fourth-order valence-electron chi connectivity index (χ4n) is 4.52. The number of carbonyl (C=O) groups excluding carboxylic acids is 1. The van der Waals surface area contributed by atoms with Crippen LogP contribution in [0.3, 0.4) is 0 Å². The van der Waals surface area contributed by atoms with E-state index in [0.29, 0.717) is 17.9 Å². The number of nitrogens with zero attached hydrogens (tertiary/aromatic N) is 1. The van der Waals surface area contributed by atoms with Gasteiger partial charge < -0.3 is 14.7 Å². The van der Waals surface area contributed by atoms with Crippen LogP contribution in [0.1, 0.15) is 48.2 Å². The Morgan fingerprint density at radius 1 is 1.24 bits per heavy atom. The third kappa shape index (κ3) is 3.91. The Bertz CT molecular complexity index is 892. The van der Waals surface area contributed by atoms with Crippen LogP contribution in [0.2, 0.25) is 0 Å². The fourth-order valence-corrected chi connectivity index (χ4v) is 4.52. The number of hydrogen-bond acceptors (Lipinski definition) is 3. The van der Waals surface area contributed by atoms with E-state index in [4.69, 9.17) is 4.74 Å². The van der Waals surface area contributed by atoms with E-state index in [-0.39, 0.29) is 17.9 Å². The number of carbonyl (C=O) groups is 1. The Morgan fingerprint density at radius 3 is 2.66 bits per heavy atom. The maximum atomic E-state index is 13.1. The zero-order valence-electron chi connectivity index (χ0n) is 17.6. The topological polar surface area (TPSA) is 49.8 Å². The minimum absolute atomic E-state index is 0.0726. The van der Waals surface area contributed by atoms with Crippen LogP contribution in [-0.4, -0.2) is 42.2 Å². The lowest BCUT2D eigenvalue weighted by molar-refractivity contribution is 0.0707. The van der Waals surface area contributed by atoms with Crippen molar-refractivity contribution < 1.29 is 14.6 Å². The van der Waals surface area contributed by atoms with E-state index in [2.05, 4.69) is 30.3 Å². The first-order chi connectivity index (χ1) is 13.8. The van der Waals surface area contributed by atoms with E-state index in [1.807, 2.05) is 43.9 Å². The Kier molecular flexibility index (Phi) is 5.16. The van der Waals surface area contributed by atoms with Crippen LogP contribution in [0.15, 0.2) is 48.5 Å². The van der Waals surface area contributed by atoms with Gasteiger partial charge in [-0.05, 0) is 55.0 Å². The van der Waals surface area contributed by atoms with Crippen molar-refractivity contribution in [2.75, 3.05) is 26.3 Å². The van der Waals surface area contributed by atoms with E-state index in [0.717, 1.165) is 36.4 Å². The molecule has 4 nitrogen and oxygen atoms in total. The molecular formula is C25H31NO3. The summed E-state index contributed by atoms with van der Waals surface area (Å²) in [7, 11) is 0. The highest BCUT2D eigenvalue weighted by Crippen LogP contribution is 2.59. The van der Waals surface area contributed by atoms with Gasteiger partial charge in [0.05, 0.1) is 13.2 Å². The minimum atomic E-state index is -0.287. The van der Waals surface area contributed by atoms with Crippen LogP contribution in [0.4, 0.5) is 0 Å². The molecule has 2 aliphatic rings. The highest BCUT2D eigenvalue weighted by Gasteiger charge is 2.57. The molecule has 2 fully saturated rings. The molecule has 1 unspecified atom stereocenters. The van der Waals surface area contributed by atoms with Gasteiger partial charge in [0.1, 0.15) is 5.75 Å². The molecular weight excluding hydrogens is 362 g/mol. The molecule has 1 amide bonds. The molecule has 0 radical (unpaired) electrons. The molecule has 2 aromatic rings. The molecule has 1 saturated carbocycles. The number of aliphatic hydroxyl groups is 1. The number of piperidine rings is 1. The number of aryl methyl sites for hydroxylation is 1. The van der Waals surface area contributed by atoms with E-state index in [1.54, 1.807) is 0 Å². The highest BCUT2D eigenvalue weighted by molar-refractivity contribution is 5.94. The molecule has 4 heteroatoms. The van der Waals surface area contributed by atoms with Crippen LogP contribution >= 0.6 is 0 Å². The summed E-state index contributed by atoms with van der Waals surface area (Å²) in [5, 5.41) is 9.39. The summed E-state index contributed by atoms with van der Waals surface area (Å²) in [5.74, 6) is 1.46. The number of hydrogen-bond donors (Lipinski definition) is 1. The van der Waals surface area contributed by atoms with Crippen molar-refractivity contribution in [3.8, 4) is 5.75 Å². The Hall–Kier alpha value is -2.33. The van der Waals surface area contributed by atoms with Crippen LogP contribution in [-0.2, 0) is 5.41 Å². The fraction of sp³-hybridized carbons (Fsp3) is 0.480. The Labute approximate surface area is 173 Å². The molecule has 1 N–H and O–H groups in total. The number of ether oxygens (including phenoxy) is 1. The summed E-state index contributed by atoms with van der Waals surface area (Å²) in [4.78, 5) is 15.1. The monoisotopic (exact) mass is 393 g/mol. The van der Waals surface area contributed by atoms with Crippen LogP contribution < -0.4 is 4.74 Å². The third-order valence-corrected chi connectivity index (χ3v) is 6.60. The molecule has 2 atom stereocenters. The van der Waals surface area contributed by atoms with Crippen molar-refractivity contribution in [3.63, 3.8) is 0 Å². The zero-order chi connectivity index (χ0) is 20.6. The van der Waals surface area contributed by atoms with Crippen molar-refractivity contribution in [2.45, 2.75) is 39.0 Å². The van der Waals surface area contributed by atoms with Gasteiger partial charge >= 0.3 is 0 Å². The van der Waals surface area contributed by atoms with E-state index < -0.39 is 0 Å². The van der Waals surface area contributed by atoms with Gasteiger partial charge in [-0.3, -0.25) is 4.79 Å². The predicted molar refractivity (Wildman–Crippen MR) is 114 cm³/mol. The highest BCUT2D eigenvalue weighted by atomic mass is 16.5. The first kappa shape index (κ1) is 20.0. The van der Waals surface area contributed by atoms with Crippen LogP contribution in [0, 0.1) is 18.3 Å². The predicted octanol–water partition coefficient (Wildman–Crippen LogP) is 4.20. The Morgan fingerprint density at radius 2 is 2.00 bits per heavy atom. The number of aliphatic hydroxyl groups excluding tert-OH is 1. The van der Waals surface area contributed by atoms with Gasteiger partial charge in [-0.2, -0.15) is 0 Å². The molecule has 4 rings (SSSR count). The standard InChI is InChI=1S/C25H31NO3/c1-18-13-19(9-10-22(18)29-17-24(2,3)16-27)23(28)26-12-11-25(14-21(25)15-26)20-7-5-4-6-8-20/h4-10,13,21,27H,11-12,14-17H2,1-3H3/t21?,25-/m1/s1. The summed E-state index contributed by atoms with van der Waals surface area (Å²) in [6.07, 6.45) is 2.23.